The van der Waals surface area contributed by atoms with Gasteiger partial charge in [-0.2, -0.15) is 0 Å². The summed E-state index contributed by atoms with van der Waals surface area (Å²) in [6.07, 6.45) is 0. The Labute approximate surface area is 75.3 Å². The van der Waals surface area contributed by atoms with Crippen molar-refractivity contribution in [1.82, 2.24) is 5.32 Å². The Kier molecular flexibility index (Phi) is 6.62. The van der Waals surface area contributed by atoms with Crippen molar-refractivity contribution >= 4 is 5.97 Å². The summed E-state index contributed by atoms with van der Waals surface area (Å²) in [6, 6.07) is -0.751. The van der Waals surface area contributed by atoms with Crippen LogP contribution in [0.5, 0.6) is 0 Å². The number of carbonyl (C=O) groups is 1. The highest BCUT2D eigenvalue weighted by Crippen LogP contribution is 1.85. The number of carbonyl (C=O) groups excluding carboxylic acids is 1. The maximum atomic E-state index is 10.9. The van der Waals surface area contributed by atoms with E-state index in [1.165, 1.54) is 7.11 Å². The zero-order valence-corrected chi connectivity index (χ0v) is 7.30. The quantitative estimate of drug-likeness (QED) is 0.191. The summed E-state index contributed by atoms with van der Waals surface area (Å²) >= 11 is 0. The van der Waals surface area contributed by atoms with Crippen molar-refractivity contribution in [3.63, 3.8) is 0 Å². The maximum absolute atomic E-state index is 10.9. The molecule has 0 saturated carbocycles. The second-order valence-electron chi connectivity index (χ2n) is 2.17. The Morgan fingerprint density at radius 3 is 3.00 bits per heavy atom. The number of esters is 1. The highest BCUT2D eigenvalue weighted by molar-refractivity contribution is 5.75. The fourth-order valence-electron chi connectivity index (χ4n) is 0.698. The molecule has 0 aromatic carbocycles. The summed E-state index contributed by atoms with van der Waals surface area (Å²) in [5.41, 5.74) is 7.93. The smallest absolute Gasteiger partial charge is 0.325 e. The fourth-order valence-corrected chi connectivity index (χ4v) is 0.698. The van der Waals surface area contributed by atoms with E-state index in [0.717, 1.165) is 0 Å². The second-order valence-corrected chi connectivity index (χ2v) is 2.17. The summed E-state index contributed by atoms with van der Waals surface area (Å²) in [7, 11) is 1.24. The van der Waals surface area contributed by atoms with E-state index in [4.69, 9.17) is 10.6 Å². The summed E-state index contributed by atoms with van der Waals surface area (Å²) in [5, 5.41) is 14.6. The number of aliphatic hydroxyl groups excluding tert-OH is 1. The van der Waals surface area contributed by atoms with Crippen molar-refractivity contribution in [2.75, 3.05) is 26.8 Å². The minimum atomic E-state index is -0.751. The lowest BCUT2D eigenvalue weighted by molar-refractivity contribution is -0.144. The summed E-state index contributed by atoms with van der Waals surface area (Å²) in [6.45, 7) is 0.206. The van der Waals surface area contributed by atoms with E-state index < -0.39 is 12.0 Å². The van der Waals surface area contributed by atoms with Crippen molar-refractivity contribution < 1.29 is 14.6 Å². The highest BCUT2D eigenvalue weighted by atomic mass is 16.5. The molecule has 0 radical (unpaired) electrons. The number of nitrogens with one attached hydrogen (secondary N) is 1. The van der Waals surface area contributed by atoms with Gasteiger partial charge in [-0.25, -0.2) is 0 Å². The number of aliphatic hydroxyl groups is 1. The minimum Gasteiger partial charge on any atom is -0.468 e. The number of methoxy groups -OCH3 is 1. The molecule has 0 aromatic heterocycles. The molecule has 74 valence electrons. The van der Waals surface area contributed by atoms with E-state index in [1.54, 1.807) is 0 Å². The fraction of sp³-hybridized carbons (Fsp3) is 0.833. The molecule has 0 bridgehead atoms. The van der Waals surface area contributed by atoms with Gasteiger partial charge in [-0.1, -0.05) is 5.11 Å². The Balaban J connectivity index is 3.71. The van der Waals surface area contributed by atoms with Gasteiger partial charge in [0.15, 0.2) is 0 Å². The SMILES string of the molecule is COC(=O)C(CO)NCCN=[N+]=[N-]. The third-order valence-corrected chi connectivity index (χ3v) is 1.33. The van der Waals surface area contributed by atoms with Crippen LogP contribution >= 0.6 is 0 Å². The Morgan fingerprint density at radius 1 is 1.85 bits per heavy atom. The van der Waals surface area contributed by atoms with Crippen LogP contribution in [0.2, 0.25) is 0 Å². The molecule has 0 heterocycles. The minimum absolute atomic E-state index is 0.226. The van der Waals surface area contributed by atoms with E-state index in [0.29, 0.717) is 6.54 Å². The van der Waals surface area contributed by atoms with E-state index >= 15 is 0 Å². The molecule has 1 unspecified atom stereocenters. The summed E-state index contributed by atoms with van der Waals surface area (Å²) < 4.78 is 4.40. The zero-order chi connectivity index (χ0) is 10.1. The molecule has 0 aliphatic heterocycles. The van der Waals surface area contributed by atoms with Gasteiger partial charge in [0.1, 0.15) is 6.04 Å². The first kappa shape index (κ1) is 11.7. The van der Waals surface area contributed by atoms with Gasteiger partial charge in [0.25, 0.3) is 0 Å². The predicted octanol–water partition coefficient (Wildman–Crippen LogP) is -0.580. The van der Waals surface area contributed by atoms with E-state index in [-0.39, 0.29) is 13.2 Å². The zero-order valence-electron chi connectivity index (χ0n) is 7.30. The molecule has 0 aromatic rings. The van der Waals surface area contributed by atoms with Crippen LogP contribution in [0, 0.1) is 0 Å². The van der Waals surface area contributed by atoms with E-state index in [2.05, 4.69) is 20.1 Å². The Morgan fingerprint density at radius 2 is 2.54 bits per heavy atom. The molecule has 7 heteroatoms. The van der Waals surface area contributed by atoms with Crippen molar-refractivity contribution in [2.45, 2.75) is 6.04 Å². The van der Waals surface area contributed by atoms with Crippen LogP contribution < -0.4 is 5.32 Å². The Hall–Kier alpha value is -1.30. The van der Waals surface area contributed by atoms with Crippen molar-refractivity contribution in [3.05, 3.63) is 10.4 Å². The number of nitrogens with zero attached hydrogens (tertiary/aromatic N) is 3. The number of rotatable bonds is 6. The molecule has 1 atom stereocenters. The van der Waals surface area contributed by atoms with Crippen LogP contribution in [0.1, 0.15) is 0 Å². The summed E-state index contributed by atoms with van der Waals surface area (Å²) in [5.74, 6) is -0.538. The van der Waals surface area contributed by atoms with Crippen LogP contribution in [-0.2, 0) is 9.53 Å². The monoisotopic (exact) mass is 188 g/mol. The summed E-state index contributed by atoms with van der Waals surface area (Å²) in [4.78, 5) is 13.4. The van der Waals surface area contributed by atoms with Gasteiger partial charge < -0.3 is 15.2 Å². The molecule has 0 aliphatic carbocycles. The van der Waals surface area contributed by atoms with Crippen LogP contribution in [0.3, 0.4) is 0 Å². The molecular weight excluding hydrogens is 176 g/mol. The normalized spacial score (nSPS) is 11.5. The first-order valence-electron chi connectivity index (χ1n) is 3.69. The molecule has 0 rings (SSSR count). The highest BCUT2D eigenvalue weighted by Gasteiger charge is 2.15. The average molecular weight is 188 g/mol. The molecule has 0 aliphatic rings. The van der Waals surface area contributed by atoms with Crippen LogP contribution in [0.15, 0.2) is 5.11 Å². The lowest BCUT2D eigenvalue weighted by atomic mass is 10.3. The molecule has 0 saturated heterocycles. The molecule has 0 amide bonds. The van der Waals surface area contributed by atoms with Crippen molar-refractivity contribution in [2.24, 2.45) is 5.11 Å². The van der Waals surface area contributed by atoms with Crippen molar-refractivity contribution in [3.8, 4) is 0 Å². The van der Waals surface area contributed by atoms with Crippen LogP contribution in [0.4, 0.5) is 0 Å². The van der Waals surface area contributed by atoms with E-state index in [9.17, 15) is 4.79 Å². The molecular formula is C6H12N4O3. The number of azide groups is 1. The molecule has 0 fully saturated rings. The third-order valence-electron chi connectivity index (χ3n) is 1.33. The number of hydrogen-bond acceptors (Lipinski definition) is 5. The lowest BCUT2D eigenvalue weighted by Gasteiger charge is -2.12. The van der Waals surface area contributed by atoms with Crippen molar-refractivity contribution in [1.29, 1.82) is 0 Å². The predicted molar refractivity (Wildman–Crippen MR) is 44.9 cm³/mol. The lowest BCUT2D eigenvalue weighted by Crippen LogP contribution is -2.41. The van der Waals surface area contributed by atoms with Gasteiger partial charge in [0, 0.05) is 18.0 Å². The average Bonchev–Trinajstić information content (AvgIpc) is 2.17. The Bertz CT molecular complexity index is 202. The first-order chi connectivity index (χ1) is 6.26. The topological polar surface area (TPSA) is 107 Å². The molecule has 13 heavy (non-hydrogen) atoms. The van der Waals surface area contributed by atoms with Crippen LogP contribution in [-0.4, -0.2) is 43.9 Å². The van der Waals surface area contributed by atoms with Gasteiger partial charge in [-0.15, -0.1) is 0 Å². The standard InChI is InChI=1S/C6H12N4O3/c1-13-6(12)5(4-11)8-2-3-9-10-7/h5,8,11H,2-4H2,1H3. The van der Waals surface area contributed by atoms with Gasteiger partial charge in [-0.05, 0) is 5.53 Å². The maximum Gasteiger partial charge on any atom is 0.325 e. The molecule has 0 spiro atoms. The van der Waals surface area contributed by atoms with Crippen LogP contribution in [0.25, 0.3) is 10.4 Å². The van der Waals surface area contributed by atoms with Gasteiger partial charge >= 0.3 is 5.97 Å². The first-order valence-corrected chi connectivity index (χ1v) is 3.69. The van der Waals surface area contributed by atoms with Gasteiger partial charge in [0.05, 0.1) is 13.7 Å². The van der Waals surface area contributed by atoms with E-state index in [1.807, 2.05) is 0 Å². The second kappa shape index (κ2) is 7.35. The van der Waals surface area contributed by atoms with Gasteiger partial charge in [0.2, 0.25) is 0 Å². The largest absolute Gasteiger partial charge is 0.468 e. The third kappa shape index (κ3) is 5.02. The number of hydrogen-bond donors (Lipinski definition) is 2. The molecule has 7 nitrogen and oxygen atoms in total. The number of ether oxygens (including phenoxy) is 1. The van der Waals surface area contributed by atoms with Gasteiger partial charge in [-0.3, -0.25) is 4.79 Å². The molecule has 2 N–H and O–H groups in total.